The van der Waals surface area contributed by atoms with E-state index in [9.17, 15) is 0 Å². The van der Waals surface area contributed by atoms with Crippen molar-refractivity contribution in [3.05, 3.63) is 12.7 Å². The van der Waals surface area contributed by atoms with Crippen LogP contribution in [0.4, 0.5) is 0 Å². The third-order valence-corrected chi connectivity index (χ3v) is 2.15. The fourth-order valence-electron chi connectivity index (χ4n) is 1.20. The molecule has 0 saturated heterocycles. The predicted molar refractivity (Wildman–Crippen MR) is 53.4 cm³/mol. The lowest BCUT2D eigenvalue weighted by Gasteiger charge is -2.18. The first-order valence-corrected chi connectivity index (χ1v) is 4.55. The highest BCUT2D eigenvalue weighted by molar-refractivity contribution is 4.74. The summed E-state index contributed by atoms with van der Waals surface area (Å²) in [7, 11) is 3.75. The molecule has 2 nitrogen and oxygen atoms in total. The molecule has 2 unspecified atom stereocenters. The number of methoxy groups -OCH3 is 1. The summed E-state index contributed by atoms with van der Waals surface area (Å²) in [6, 6.07) is 0.554. The highest BCUT2D eigenvalue weighted by atomic mass is 16.5. The standard InChI is InChI=1S/C10H21NO/c1-5-6-7-10(11-3)8-9(2)12-4/h5,9-11H,1,6-8H2,2-4H3. The van der Waals surface area contributed by atoms with Gasteiger partial charge in [0.1, 0.15) is 0 Å². The molecule has 0 aromatic carbocycles. The average Bonchev–Trinajstić information content (AvgIpc) is 2.11. The second-order valence-corrected chi connectivity index (χ2v) is 3.13. The van der Waals surface area contributed by atoms with Crippen LogP contribution in [-0.4, -0.2) is 26.3 Å². The topological polar surface area (TPSA) is 21.3 Å². The van der Waals surface area contributed by atoms with E-state index in [-0.39, 0.29) is 0 Å². The molecule has 12 heavy (non-hydrogen) atoms. The van der Waals surface area contributed by atoms with Gasteiger partial charge in [0.05, 0.1) is 6.10 Å². The molecule has 0 spiro atoms. The van der Waals surface area contributed by atoms with E-state index < -0.39 is 0 Å². The summed E-state index contributed by atoms with van der Waals surface area (Å²) >= 11 is 0. The Hall–Kier alpha value is -0.340. The molecule has 0 saturated carbocycles. The van der Waals surface area contributed by atoms with E-state index in [1.165, 1.54) is 0 Å². The molecule has 0 heterocycles. The first-order chi connectivity index (χ1) is 5.74. The van der Waals surface area contributed by atoms with E-state index in [4.69, 9.17) is 4.74 Å². The van der Waals surface area contributed by atoms with Gasteiger partial charge in [0.2, 0.25) is 0 Å². The molecule has 0 fully saturated rings. The van der Waals surface area contributed by atoms with Crippen molar-refractivity contribution in [1.29, 1.82) is 0 Å². The summed E-state index contributed by atoms with van der Waals surface area (Å²) in [5, 5.41) is 3.27. The fourth-order valence-corrected chi connectivity index (χ4v) is 1.20. The van der Waals surface area contributed by atoms with Crippen molar-refractivity contribution in [3.8, 4) is 0 Å². The molecule has 2 atom stereocenters. The van der Waals surface area contributed by atoms with E-state index in [1.54, 1.807) is 7.11 Å². The molecule has 0 rings (SSSR count). The third kappa shape index (κ3) is 5.33. The number of rotatable bonds is 7. The number of hydrogen-bond donors (Lipinski definition) is 1. The molecule has 72 valence electrons. The zero-order chi connectivity index (χ0) is 9.40. The smallest absolute Gasteiger partial charge is 0.0558 e. The second-order valence-electron chi connectivity index (χ2n) is 3.13. The van der Waals surface area contributed by atoms with Crippen molar-refractivity contribution in [2.75, 3.05) is 14.2 Å². The van der Waals surface area contributed by atoms with E-state index >= 15 is 0 Å². The summed E-state index contributed by atoms with van der Waals surface area (Å²) in [5.41, 5.74) is 0. The molecule has 1 N–H and O–H groups in total. The minimum Gasteiger partial charge on any atom is -0.382 e. The van der Waals surface area contributed by atoms with Crippen LogP contribution in [0.15, 0.2) is 12.7 Å². The summed E-state index contributed by atoms with van der Waals surface area (Å²) in [6.07, 6.45) is 5.59. The summed E-state index contributed by atoms with van der Waals surface area (Å²) in [6.45, 7) is 5.80. The Morgan fingerprint density at radius 3 is 2.67 bits per heavy atom. The van der Waals surface area contributed by atoms with Gasteiger partial charge in [-0.3, -0.25) is 0 Å². The molecule has 0 aliphatic rings. The lowest BCUT2D eigenvalue weighted by atomic mass is 10.1. The third-order valence-electron chi connectivity index (χ3n) is 2.15. The van der Waals surface area contributed by atoms with Gasteiger partial charge in [0.25, 0.3) is 0 Å². The Bertz CT molecular complexity index is 114. The Kier molecular flexibility index (Phi) is 7.11. The van der Waals surface area contributed by atoms with Crippen molar-refractivity contribution in [2.45, 2.75) is 38.3 Å². The minimum absolute atomic E-state index is 0.340. The molecule has 0 aromatic heterocycles. The molecule has 0 aromatic rings. The van der Waals surface area contributed by atoms with Crippen molar-refractivity contribution >= 4 is 0 Å². The van der Waals surface area contributed by atoms with E-state index in [2.05, 4.69) is 18.8 Å². The van der Waals surface area contributed by atoms with Gasteiger partial charge < -0.3 is 10.1 Å². The number of hydrogen-bond acceptors (Lipinski definition) is 2. The summed E-state index contributed by atoms with van der Waals surface area (Å²) < 4.78 is 5.20. The van der Waals surface area contributed by atoms with E-state index in [0.29, 0.717) is 12.1 Å². The second kappa shape index (κ2) is 7.32. The minimum atomic E-state index is 0.340. The van der Waals surface area contributed by atoms with Gasteiger partial charge in [-0.25, -0.2) is 0 Å². The molecule has 2 heteroatoms. The van der Waals surface area contributed by atoms with Crippen LogP contribution in [0.2, 0.25) is 0 Å². The molecule has 0 radical (unpaired) electrons. The van der Waals surface area contributed by atoms with Gasteiger partial charge >= 0.3 is 0 Å². The van der Waals surface area contributed by atoms with Crippen LogP contribution in [0, 0.1) is 0 Å². The lowest BCUT2D eigenvalue weighted by molar-refractivity contribution is 0.100. The summed E-state index contributed by atoms with van der Waals surface area (Å²) in [4.78, 5) is 0. The van der Waals surface area contributed by atoms with Crippen LogP contribution in [-0.2, 0) is 4.74 Å². The number of allylic oxidation sites excluding steroid dienone is 1. The van der Waals surface area contributed by atoms with Gasteiger partial charge in [-0.05, 0) is 33.2 Å². The first-order valence-electron chi connectivity index (χ1n) is 4.55. The van der Waals surface area contributed by atoms with Crippen LogP contribution >= 0.6 is 0 Å². The summed E-state index contributed by atoms with van der Waals surface area (Å²) in [5.74, 6) is 0. The zero-order valence-corrected chi connectivity index (χ0v) is 8.47. The van der Waals surface area contributed by atoms with Crippen LogP contribution in [0.25, 0.3) is 0 Å². The van der Waals surface area contributed by atoms with Crippen LogP contribution in [0.3, 0.4) is 0 Å². The molecular formula is C10H21NO. The largest absolute Gasteiger partial charge is 0.382 e. The van der Waals surface area contributed by atoms with Gasteiger partial charge in [-0.2, -0.15) is 0 Å². The quantitative estimate of drug-likeness (QED) is 0.591. The highest BCUT2D eigenvalue weighted by Crippen LogP contribution is 2.06. The number of nitrogens with one attached hydrogen (secondary N) is 1. The molecule has 0 amide bonds. The fraction of sp³-hybridized carbons (Fsp3) is 0.800. The van der Waals surface area contributed by atoms with Crippen LogP contribution in [0.5, 0.6) is 0 Å². The van der Waals surface area contributed by atoms with Crippen LogP contribution in [0.1, 0.15) is 26.2 Å². The Morgan fingerprint density at radius 1 is 1.58 bits per heavy atom. The Labute approximate surface area is 76.0 Å². The van der Waals surface area contributed by atoms with Crippen LogP contribution < -0.4 is 5.32 Å². The SMILES string of the molecule is C=CCCC(CC(C)OC)NC. The van der Waals surface area contributed by atoms with Gasteiger partial charge in [0.15, 0.2) is 0 Å². The van der Waals surface area contributed by atoms with Crippen molar-refractivity contribution in [3.63, 3.8) is 0 Å². The van der Waals surface area contributed by atoms with Gasteiger partial charge in [-0.1, -0.05) is 6.08 Å². The van der Waals surface area contributed by atoms with Gasteiger partial charge in [0, 0.05) is 13.2 Å². The monoisotopic (exact) mass is 171 g/mol. The molecule has 0 bridgehead atoms. The molecular weight excluding hydrogens is 150 g/mol. The maximum atomic E-state index is 5.20. The van der Waals surface area contributed by atoms with Gasteiger partial charge in [-0.15, -0.1) is 6.58 Å². The lowest BCUT2D eigenvalue weighted by Crippen LogP contribution is -2.29. The maximum absolute atomic E-state index is 5.20. The average molecular weight is 171 g/mol. The van der Waals surface area contributed by atoms with Crippen molar-refractivity contribution < 1.29 is 4.74 Å². The number of ether oxygens (including phenoxy) is 1. The van der Waals surface area contributed by atoms with E-state index in [1.807, 2.05) is 13.1 Å². The normalized spacial score (nSPS) is 15.6. The van der Waals surface area contributed by atoms with Crippen molar-refractivity contribution in [1.82, 2.24) is 5.32 Å². The molecule has 0 aliphatic carbocycles. The first kappa shape index (κ1) is 11.7. The molecule has 0 aliphatic heterocycles. The van der Waals surface area contributed by atoms with E-state index in [0.717, 1.165) is 19.3 Å². The zero-order valence-electron chi connectivity index (χ0n) is 8.47. The Balaban J connectivity index is 3.58. The Morgan fingerprint density at radius 2 is 2.25 bits per heavy atom. The highest BCUT2D eigenvalue weighted by Gasteiger charge is 2.09. The maximum Gasteiger partial charge on any atom is 0.0558 e. The predicted octanol–water partition coefficient (Wildman–Crippen LogP) is 1.97. The van der Waals surface area contributed by atoms with Crippen molar-refractivity contribution in [2.24, 2.45) is 0 Å².